The van der Waals surface area contributed by atoms with Crippen LogP contribution >= 0.6 is 0 Å². The molecule has 3 aromatic rings. The molecule has 1 fully saturated rings. The lowest BCUT2D eigenvalue weighted by atomic mass is 10.00. The SMILES string of the molecule is Cc1cc(C(F)(F)F)cc(O)c1-c1ccc2cn(C[C@@H]3CC(=O)N(C(C)C)C3)nc2n1. The van der Waals surface area contributed by atoms with Gasteiger partial charge in [0.2, 0.25) is 5.91 Å². The Balaban J connectivity index is 1.61. The summed E-state index contributed by atoms with van der Waals surface area (Å²) in [5.74, 6) is -0.174. The molecule has 0 unspecified atom stereocenters. The third-order valence-electron chi connectivity index (χ3n) is 5.62. The van der Waals surface area contributed by atoms with Crippen LogP contribution in [0.5, 0.6) is 5.75 Å². The monoisotopic (exact) mass is 432 g/mol. The molecule has 31 heavy (non-hydrogen) atoms. The number of carbonyl (C=O) groups is 1. The van der Waals surface area contributed by atoms with Gasteiger partial charge in [-0.3, -0.25) is 9.48 Å². The van der Waals surface area contributed by atoms with Crippen LogP contribution in [0.2, 0.25) is 0 Å². The molecule has 0 saturated carbocycles. The van der Waals surface area contributed by atoms with Crippen molar-refractivity contribution in [3.63, 3.8) is 0 Å². The van der Waals surface area contributed by atoms with Crippen molar-refractivity contribution in [2.75, 3.05) is 6.54 Å². The molecule has 1 saturated heterocycles. The molecular weight excluding hydrogens is 409 g/mol. The normalized spacial score (nSPS) is 17.3. The van der Waals surface area contributed by atoms with E-state index in [-0.39, 0.29) is 29.0 Å². The Morgan fingerprint density at radius 2 is 2.00 bits per heavy atom. The molecule has 1 aliphatic heterocycles. The summed E-state index contributed by atoms with van der Waals surface area (Å²) >= 11 is 0. The molecule has 1 N–H and O–H groups in total. The fourth-order valence-corrected chi connectivity index (χ4v) is 4.14. The molecule has 9 heteroatoms. The van der Waals surface area contributed by atoms with E-state index in [0.717, 1.165) is 11.5 Å². The lowest BCUT2D eigenvalue weighted by molar-refractivity contribution is -0.137. The number of benzene rings is 1. The van der Waals surface area contributed by atoms with Gasteiger partial charge in [-0.15, -0.1) is 0 Å². The van der Waals surface area contributed by atoms with E-state index >= 15 is 0 Å². The molecule has 0 radical (unpaired) electrons. The van der Waals surface area contributed by atoms with Crippen LogP contribution in [-0.4, -0.2) is 43.3 Å². The molecule has 1 amide bonds. The van der Waals surface area contributed by atoms with Crippen molar-refractivity contribution in [2.45, 2.75) is 46.0 Å². The quantitative estimate of drug-likeness (QED) is 0.664. The van der Waals surface area contributed by atoms with Gasteiger partial charge in [-0.1, -0.05) is 0 Å². The van der Waals surface area contributed by atoms with E-state index in [1.165, 1.54) is 6.92 Å². The van der Waals surface area contributed by atoms with E-state index in [4.69, 9.17) is 0 Å². The lowest BCUT2D eigenvalue weighted by Gasteiger charge is -2.20. The number of halogens is 3. The number of amides is 1. The summed E-state index contributed by atoms with van der Waals surface area (Å²) < 4.78 is 40.7. The molecule has 0 spiro atoms. The molecule has 0 bridgehead atoms. The molecule has 6 nitrogen and oxygen atoms in total. The van der Waals surface area contributed by atoms with E-state index < -0.39 is 17.5 Å². The Bertz CT molecular complexity index is 1130. The molecule has 1 aromatic carbocycles. The van der Waals surface area contributed by atoms with E-state index in [9.17, 15) is 23.1 Å². The fraction of sp³-hybridized carbons (Fsp3) is 0.409. The van der Waals surface area contributed by atoms with Crippen LogP contribution in [-0.2, 0) is 17.5 Å². The third kappa shape index (κ3) is 4.08. The van der Waals surface area contributed by atoms with Crippen molar-refractivity contribution in [1.29, 1.82) is 0 Å². The molecule has 0 aliphatic carbocycles. The van der Waals surface area contributed by atoms with Gasteiger partial charge in [0.15, 0.2) is 5.65 Å². The van der Waals surface area contributed by atoms with Gasteiger partial charge in [-0.05, 0) is 50.6 Å². The summed E-state index contributed by atoms with van der Waals surface area (Å²) in [6.07, 6.45) is -2.22. The van der Waals surface area contributed by atoms with Crippen molar-refractivity contribution in [1.82, 2.24) is 19.7 Å². The van der Waals surface area contributed by atoms with Crippen LogP contribution in [0, 0.1) is 12.8 Å². The topological polar surface area (TPSA) is 71.2 Å². The maximum atomic E-state index is 13.0. The molecule has 1 atom stereocenters. The molecule has 4 rings (SSSR count). The Labute approximate surface area is 177 Å². The minimum absolute atomic E-state index is 0.144. The maximum absolute atomic E-state index is 13.0. The van der Waals surface area contributed by atoms with Crippen molar-refractivity contribution in [2.24, 2.45) is 5.92 Å². The Morgan fingerprint density at radius 3 is 2.61 bits per heavy atom. The van der Waals surface area contributed by atoms with Crippen LogP contribution < -0.4 is 0 Å². The number of hydrogen-bond donors (Lipinski definition) is 1. The van der Waals surface area contributed by atoms with Crippen molar-refractivity contribution in [3.05, 3.63) is 41.6 Å². The van der Waals surface area contributed by atoms with Crippen molar-refractivity contribution in [3.8, 4) is 17.0 Å². The number of likely N-dealkylation sites (tertiary alicyclic amines) is 1. The molecule has 3 heterocycles. The summed E-state index contributed by atoms with van der Waals surface area (Å²) in [6.45, 7) is 6.75. The minimum Gasteiger partial charge on any atom is -0.507 e. The minimum atomic E-state index is -4.54. The van der Waals surface area contributed by atoms with E-state index in [1.54, 1.807) is 16.8 Å². The molecule has 2 aromatic heterocycles. The van der Waals surface area contributed by atoms with Gasteiger partial charge in [-0.25, -0.2) is 4.98 Å². The van der Waals surface area contributed by atoms with E-state index in [0.29, 0.717) is 36.9 Å². The van der Waals surface area contributed by atoms with Gasteiger partial charge >= 0.3 is 6.18 Å². The first kappa shape index (κ1) is 21.1. The van der Waals surface area contributed by atoms with Gasteiger partial charge in [0.05, 0.1) is 11.3 Å². The highest BCUT2D eigenvalue weighted by molar-refractivity contribution is 5.81. The van der Waals surface area contributed by atoms with Crippen LogP contribution in [0.15, 0.2) is 30.5 Å². The predicted molar refractivity (Wildman–Crippen MR) is 109 cm³/mol. The van der Waals surface area contributed by atoms with Gasteiger partial charge in [0.1, 0.15) is 5.75 Å². The molecule has 164 valence electrons. The highest BCUT2D eigenvalue weighted by Gasteiger charge is 2.33. The summed E-state index contributed by atoms with van der Waals surface area (Å²) in [5.41, 5.74) is 0.401. The van der Waals surface area contributed by atoms with Crippen LogP contribution in [0.3, 0.4) is 0 Å². The van der Waals surface area contributed by atoms with Crippen LogP contribution in [0.1, 0.15) is 31.4 Å². The number of phenolic OH excluding ortho intramolecular Hbond substituents is 1. The largest absolute Gasteiger partial charge is 0.507 e. The summed E-state index contributed by atoms with van der Waals surface area (Å²) in [4.78, 5) is 18.5. The first-order chi connectivity index (χ1) is 14.5. The third-order valence-corrected chi connectivity index (χ3v) is 5.62. The van der Waals surface area contributed by atoms with Gasteiger partial charge < -0.3 is 10.0 Å². The standard InChI is InChI=1S/C22H23F3N4O2/c1-12(2)29-10-14(7-19(29)31)9-28-11-15-4-5-17(26-21(15)27-28)20-13(3)6-16(8-18(20)30)22(23,24)25/h4-6,8,11-12,14,30H,7,9-10H2,1-3H3/t14-/m0/s1. The number of aromatic nitrogens is 3. The first-order valence-electron chi connectivity index (χ1n) is 10.1. The highest BCUT2D eigenvalue weighted by atomic mass is 19.4. The number of pyridine rings is 1. The van der Waals surface area contributed by atoms with Gasteiger partial charge in [-0.2, -0.15) is 18.3 Å². The smallest absolute Gasteiger partial charge is 0.416 e. The van der Waals surface area contributed by atoms with E-state index in [2.05, 4.69) is 10.1 Å². The van der Waals surface area contributed by atoms with Crippen molar-refractivity contribution >= 4 is 16.9 Å². The van der Waals surface area contributed by atoms with Gasteiger partial charge in [0, 0.05) is 48.6 Å². The number of rotatable bonds is 4. The lowest BCUT2D eigenvalue weighted by Crippen LogP contribution is -2.32. The Morgan fingerprint density at radius 1 is 1.26 bits per heavy atom. The number of aromatic hydroxyl groups is 1. The zero-order chi connectivity index (χ0) is 22.5. The molecular formula is C22H23F3N4O2. The van der Waals surface area contributed by atoms with Crippen LogP contribution in [0.25, 0.3) is 22.3 Å². The number of alkyl halides is 3. The molecule has 1 aliphatic rings. The second kappa shape index (κ2) is 7.55. The number of carbonyl (C=O) groups excluding carboxylic acids is 1. The average Bonchev–Trinajstić information content (AvgIpc) is 3.22. The predicted octanol–water partition coefficient (Wildman–Crippen LogP) is 4.39. The fourth-order valence-electron chi connectivity index (χ4n) is 4.14. The van der Waals surface area contributed by atoms with E-state index in [1.807, 2.05) is 24.9 Å². The summed E-state index contributed by atoms with van der Waals surface area (Å²) in [6, 6.07) is 5.31. The number of nitrogens with zero attached hydrogens (tertiary/aromatic N) is 4. The highest BCUT2D eigenvalue weighted by Crippen LogP contribution is 2.38. The van der Waals surface area contributed by atoms with Crippen molar-refractivity contribution < 1.29 is 23.1 Å². The van der Waals surface area contributed by atoms with Crippen LogP contribution in [0.4, 0.5) is 13.2 Å². The zero-order valence-corrected chi connectivity index (χ0v) is 17.4. The Kier molecular flexibility index (Phi) is 5.15. The zero-order valence-electron chi connectivity index (χ0n) is 17.4. The summed E-state index contributed by atoms with van der Waals surface area (Å²) in [7, 11) is 0. The number of hydrogen-bond acceptors (Lipinski definition) is 4. The van der Waals surface area contributed by atoms with Gasteiger partial charge in [0.25, 0.3) is 0 Å². The second-order valence-corrected chi connectivity index (χ2v) is 8.36. The second-order valence-electron chi connectivity index (χ2n) is 8.36. The Hall–Kier alpha value is -3.10. The average molecular weight is 432 g/mol. The summed E-state index contributed by atoms with van der Waals surface area (Å²) in [5, 5.41) is 15.5. The number of fused-ring (bicyclic) bond motifs is 1. The number of phenols is 1. The maximum Gasteiger partial charge on any atom is 0.416 e. The number of aryl methyl sites for hydroxylation is 1. The first-order valence-corrected chi connectivity index (χ1v) is 10.1.